The zero-order valence-corrected chi connectivity index (χ0v) is 13.1. The normalized spacial score (nSPS) is 10.3. The maximum absolute atomic E-state index is 13.5. The summed E-state index contributed by atoms with van der Waals surface area (Å²) in [6.45, 7) is 0.550. The van der Waals surface area contributed by atoms with E-state index in [0.29, 0.717) is 16.8 Å². The van der Waals surface area contributed by atoms with Gasteiger partial charge in [-0.1, -0.05) is 11.6 Å². The van der Waals surface area contributed by atoms with Crippen molar-refractivity contribution in [1.29, 1.82) is 0 Å². The van der Waals surface area contributed by atoms with Crippen molar-refractivity contribution in [2.75, 3.05) is 25.5 Å². The SMILES string of the molecule is CN(CCOc1ccc(Cl)cc1)C(=O)Nc1ccc(F)cc1F. The second-order valence-electron chi connectivity index (χ2n) is 4.78. The zero-order chi connectivity index (χ0) is 16.8. The number of urea groups is 1. The Labute approximate surface area is 137 Å². The largest absolute Gasteiger partial charge is 0.492 e. The molecule has 0 heterocycles. The maximum Gasteiger partial charge on any atom is 0.321 e. The third-order valence-electron chi connectivity index (χ3n) is 3.03. The number of hydrogen-bond acceptors (Lipinski definition) is 2. The summed E-state index contributed by atoms with van der Waals surface area (Å²) in [6, 6.07) is 9.26. The molecular weight excluding hydrogens is 326 g/mol. The highest BCUT2D eigenvalue weighted by Gasteiger charge is 2.12. The number of nitrogens with one attached hydrogen (secondary N) is 1. The molecule has 0 spiro atoms. The van der Waals surface area contributed by atoms with Crippen LogP contribution in [0, 0.1) is 11.6 Å². The highest BCUT2D eigenvalue weighted by atomic mass is 35.5. The van der Waals surface area contributed by atoms with Crippen molar-refractivity contribution in [3.63, 3.8) is 0 Å². The van der Waals surface area contributed by atoms with Crippen LogP contribution in [0.15, 0.2) is 42.5 Å². The predicted octanol–water partition coefficient (Wildman–Crippen LogP) is 4.16. The van der Waals surface area contributed by atoms with Crippen molar-refractivity contribution in [2.24, 2.45) is 0 Å². The standard InChI is InChI=1S/C16H15ClF2N2O2/c1-21(8-9-23-13-5-2-11(17)3-6-13)16(22)20-15-7-4-12(18)10-14(15)19/h2-7,10H,8-9H2,1H3,(H,20,22). The van der Waals surface area contributed by atoms with Gasteiger partial charge in [0.05, 0.1) is 12.2 Å². The van der Waals surface area contributed by atoms with Gasteiger partial charge < -0.3 is 15.0 Å². The number of nitrogens with zero attached hydrogens (tertiary/aromatic N) is 1. The Bertz CT molecular complexity index is 680. The first-order valence-corrected chi connectivity index (χ1v) is 7.19. The third kappa shape index (κ3) is 5.10. The summed E-state index contributed by atoms with van der Waals surface area (Å²) in [4.78, 5) is 13.3. The van der Waals surface area contributed by atoms with Crippen molar-refractivity contribution in [1.82, 2.24) is 4.90 Å². The molecule has 0 aliphatic carbocycles. The number of carbonyl (C=O) groups excluding carboxylic acids is 1. The predicted molar refractivity (Wildman–Crippen MR) is 85.0 cm³/mol. The number of ether oxygens (including phenoxy) is 1. The zero-order valence-electron chi connectivity index (χ0n) is 12.4. The molecule has 0 atom stereocenters. The number of hydrogen-bond donors (Lipinski definition) is 1. The lowest BCUT2D eigenvalue weighted by Crippen LogP contribution is -2.34. The van der Waals surface area contributed by atoms with Gasteiger partial charge in [0.25, 0.3) is 0 Å². The Morgan fingerprint density at radius 3 is 2.57 bits per heavy atom. The number of halogens is 3. The van der Waals surface area contributed by atoms with Crippen LogP contribution in [0.25, 0.3) is 0 Å². The average molecular weight is 341 g/mol. The number of amides is 2. The molecule has 2 aromatic rings. The molecule has 0 radical (unpaired) electrons. The van der Waals surface area contributed by atoms with Crippen LogP contribution in [0.5, 0.6) is 5.75 Å². The Morgan fingerprint density at radius 1 is 1.22 bits per heavy atom. The minimum atomic E-state index is -0.829. The van der Waals surface area contributed by atoms with E-state index in [2.05, 4.69) is 5.32 Å². The second-order valence-corrected chi connectivity index (χ2v) is 5.21. The molecule has 2 rings (SSSR count). The van der Waals surface area contributed by atoms with E-state index in [9.17, 15) is 13.6 Å². The van der Waals surface area contributed by atoms with E-state index < -0.39 is 17.7 Å². The Hall–Kier alpha value is -2.34. The van der Waals surface area contributed by atoms with Gasteiger partial charge in [-0.05, 0) is 36.4 Å². The van der Waals surface area contributed by atoms with Gasteiger partial charge in [-0.25, -0.2) is 13.6 Å². The number of benzene rings is 2. The van der Waals surface area contributed by atoms with Gasteiger partial charge in [-0.2, -0.15) is 0 Å². The van der Waals surface area contributed by atoms with Gasteiger partial charge in [0.15, 0.2) is 0 Å². The minimum Gasteiger partial charge on any atom is -0.492 e. The molecule has 0 aliphatic rings. The Balaban J connectivity index is 1.81. The molecule has 2 amide bonds. The van der Waals surface area contributed by atoms with Crippen molar-refractivity contribution in [3.05, 3.63) is 59.1 Å². The van der Waals surface area contributed by atoms with Gasteiger partial charge >= 0.3 is 6.03 Å². The van der Waals surface area contributed by atoms with Crippen LogP contribution in [0.3, 0.4) is 0 Å². The highest BCUT2D eigenvalue weighted by molar-refractivity contribution is 6.30. The van der Waals surface area contributed by atoms with Crippen molar-refractivity contribution in [3.8, 4) is 5.75 Å². The van der Waals surface area contributed by atoms with Crippen LogP contribution in [0.4, 0.5) is 19.3 Å². The van der Waals surface area contributed by atoms with E-state index in [-0.39, 0.29) is 18.8 Å². The van der Waals surface area contributed by atoms with Gasteiger partial charge in [0.2, 0.25) is 0 Å². The first-order chi connectivity index (χ1) is 11.0. The lowest BCUT2D eigenvalue weighted by atomic mass is 10.3. The average Bonchev–Trinajstić information content (AvgIpc) is 2.51. The monoisotopic (exact) mass is 340 g/mol. The number of carbonyl (C=O) groups is 1. The quantitative estimate of drug-likeness (QED) is 0.888. The molecule has 23 heavy (non-hydrogen) atoms. The molecule has 4 nitrogen and oxygen atoms in total. The molecule has 0 unspecified atom stereocenters. The topological polar surface area (TPSA) is 41.6 Å². The summed E-state index contributed by atoms with van der Waals surface area (Å²) in [6.07, 6.45) is 0. The minimum absolute atomic E-state index is 0.0816. The molecule has 0 bridgehead atoms. The van der Waals surface area contributed by atoms with Crippen LogP contribution in [-0.4, -0.2) is 31.1 Å². The smallest absolute Gasteiger partial charge is 0.321 e. The van der Waals surface area contributed by atoms with Gasteiger partial charge in [-0.15, -0.1) is 0 Å². The maximum atomic E-state index is 13.5. The lowest BCUT2D eigenvalue weighted by molar-refractivity contribution is 0.207. The van der Waals surface area contributed by atoms with Gasteiger partial charge in [-0.3, -0.25) is 0 Å². The van der Waals surface area contributed by atoms with Crippen LogP contribution in [-0.2, 0) is 0 Å². The van der Waals surface area contributed by atoms with E-state index >= 15 is 0 Å². The van der Waals surface area contributed by atoms with Crippen molar-refractivity contribution < 1.29 is 18.3 Å². The number of rotatable bonds is 5. The molecular formula is C16H15ClF2N2O2. The van der Waals surface area contributed by atoms with E-state index in [0.717, 1.165) is 6.07 Å². The van der Waals surface area contributed by atoms with E-state index in [4.69, 9.17) is 16.3 Å². The first kappa shape index (κ1) is 17.0. The van der Waals surface area contributed by atoms with E-state index in [1.807, 2.05) is 0 Å². The fourth-order valence-corrected chi connectivity index (χ4v) is 1.86. The van der Waals surface area contributed by atoms with Crippen LogP contribution < -0.4 is 10.1 Å². The third-order valence-corrected chi connectivity index (χ3v) is 3.28. The summed E-state index contributed by atoms with van der Waals surface area (Å²) in [7, 11) is 1.54. The van der Waals surface area contributed by atoms with E-state index in [1.165, 1.54) is 11.0 Å². The Morgan fingerprint density at radius 2 is 1.91 bits per heavy atom. The van der Waals surface area contributed by atoms with Gasteiger partial charge in [0.1, 0.15) is 24.0 Å². The summed E-state index contributed by atoms with van der Waals surface area (Å²) in [5.41, 5.74) is -0.0816. The molecule has 0 aromatic heterocycles. The second kappa shape index (κ2) is 7.78. The van der Waals surface area contributed by atoms with E-state index in [1.54, 1.807) is 31.3 Å². The fraction of sp³-hybridized carbons (Fsp3) is 0.188. The summed E-state index contributed by atoms with van der Waals surface area (Å²) in [5, 5.41) is 2.97. The Kier molecular flexibility index (Phi) is 5.76. The summed E-state index contributed by atoms with van der Waals surface area (Å²) < 4.78 is 31.7. The van der Waals surface area contributed by atoms with Crippen LogP contribution >= 0.6 is 11.6 Å². The molecule has 122 valence electrons. The fourth-order valence-electron chi connectivity index (χ4n) is 1.73. The summed E-state index contributed by atoms with van der Waals surface area (Å²) in [5.74, 6) is -0.901. The number of likely N-dealkylation sites (N-methyl/N-ethyl adjacent to an activating group) is 1. The molecule has 0 aliphatic heterocycles. The summed E-state index contributed by atoms with van der Waals surface area (Å²) >= 11 is 5.77. The first-order valence-electron chi connectivity index (χ1n) is 6.81. The van der Waals surface area contributed by atoms with Crippen molar-refractivity contribution in [2.45, 2.75) is 0 Å². The van der Waals surface area contributed by atoms with Gasteiger partial charge in [0, 0.05) is 18.1 Å². The van der Waals surface area contributed by atoms with Crippen molar-refractivity contribution >= 4 is 23.3 Å². The number of anilines is 1. The van der Waals surface area contributed by atoms with Crippen LogP contribution in [0.1, 0.15) is 0 Å². The molecule has 7 heteroatoms. The lowest BCUT2D eigenvalue weighted by Gasteiger charge is -2.18. The molecule has 0 saturated heterocycles. The molecule has 1 N–H and O–H groups in total. The molecule has 2 aromatic carbocycles. The highest BCUT2D eigenvalue weighted by Crippen LogP contribution is 2.16. The van der Waals surface area contributed by atoms with Crippen LogP contribution in [0.2, 0.25) is 5.02 Å². The molecule has 0 saturated carbocycles. The molecule has 0 fully saturated rings.